The standard InChI is InChI=1S/3C4H9.C2H4O3S.Sn/c3*1-3-4-2;3-1(4)2(5)6;/h3*1,3-4H2,2H3;2,5-6H,(H,3,4);/q;;;;+1/p-1. The van der Waals surface area contributed by atoms with Gasteiger partial charge in [-0.1, -0.05) is 0 Å². The normalized spacial score (nSPS) is 11.4. The van der Waals surface area contributed by atoms with E-state index in [1.807, 2.05) is 0 Å². The first kappa shape index (κ1) is 21.9. The van der Waals surface area contributed by atoms with Crippen LogP contribution in [0.4, 0.5) is 0 Å². The zero-order valence-corrected chi connectivity index (χ0v) is 16.4. The van der Waals surface area contributed by atoms with Crippen LogP contribution in [0.1, 0.15) is 59.3 Å². The summed E-state index contributed by atoms with van der Waals surface area (Å²) in [5.41, 5.74) is -1.65. The van der Waals surface area contributed by atoms with Gasteiger partial charge in [0.2, 0.25) is 0 Å². The summed E-state index contributed by atoms with van der Waals surface area (Å²) in [6.07, 6.45) is 8.85. The van der Waals surface area contributed by atoms with Crippen molar-refractivity contribution in [2.75, 3.05) is 0 Å². The molecular formula is C14H30O3SSn. The van der Waals surface area contributed by atoms with Crippen LogP contribution in [0.3, 0.4) is 0 Å². The van der Waals surface area contributed by atoms with Gasteiger partial charge in [0.05, 0.1) is 5.97 Å². The molecule has 0 saturated carbocycles. The van der Waals surface area contributed by atoms with E-state index in [1.165, 1.54) is 38.5 Å². The van der Waals surface area contributed by atoms with Crippen molar-refractivity contribution in [1.82, 2.24) is 0 Å². The quantitative estimate of drug-likeness (QED) is 0.339. The van der Waals surface area contributed by atoms with E-state index in [1.54, 1.807) is 13.3 Å². The molecular weight excluding hydrogens is 367 g/mol. The fourth-order valence-corrected chi connectivity index (χ4v) is 11.1. The third-order valence-electron chi connectivity index (χ3n) is 2.86. The Bertz CT molecular complexity index is 182. The molecule has 0 radical (unpaired) electrons. The van der Waals surface area contributed by atoms with Crippen LogP contribution < -0.4 is 5.11 Å². The summed E-state index contributed by atoms with van der Waals surface area (Å²) in [5, 5.41) is 17.1. The SMILES string of the molecule is CCC[CH2][Sn+]([CH2]CCC)[CH2]CCC.O=C([O-])C(O)S. The molecule has 0 spiro atoms. The molecule has 5 heteroatoms. The van der Waals surface area contributed by atoms with Crippen LogP contribution in [0.25, 0.3) is 0 Å². The zero-order valence-electron chi connectivity index (χ0n) is 12.7. The molecule has 0 heterocycles. The van der Waals surface area contributed by atoms with Gasteiger partial charge in [-0.05, 0) is 0 Å². The number of unbranched alkanes of at least 4 members (excludes halogenated alkanes) is 3. The smallest absolute Gasteiger partial charge is 0.136 e. The van der Waals surface area contributed by atoms with Gasteiger partial charge in [-0.15, -0.1) is 12.6 Å². The molecule has 19 heavy (non-hydrogen) atoms. The molecule has 0 aromatic rings. The van der Waals surface area contributed by atoms with E-state index in [0.29, 0.717) is 0 Å². The summed E-state index contributed by atoms with van der Waals surface area (Å²) < 4.78 is 5.04. The topological polar surface area (TPSA) is 60.4 Å². The van der Waals surface area contributed by atoms with Crippen molar-refractivity contribution in [3.8, 4) is 0 Å². The number of carboxylic acids is 1. The molecule has 1 unspecified atom stereocenters. The van der Waals surface area contributed by atoms with Crippen molar-refractivity contribution in [2.24, 2.45) is 0 Å². The molecule has 0 aliphatic heterocycles. The number of carbonyl (C=O) groups is 1. The Labute approximate surface area is 131 Å². The van der Waals surface area contributed by atoms with E-state index in [-0.39, 0.29) is 0 Å². The Kier molecular flexibility index (Phi) is 19.1. The van der Waals surface area contributed by atoms with Gasteiger partial charge >= 0.3 is 92.4 Å². The van der Waals surface area contributed by atoms with Gasteiger partial charge < -0.3 is 15.0 Å². The number of hydrogen-bond donors (Lipinski definition) is 2. The third-order valence-corrected chi connectivity index (χ3v) is 12.2. The minimum absolute atomic E-state index is 0.839. The molecule has 0 fully saturated rings. The average molecular weight is 397 g/mol. The Morgan fingerprint density at radius 3 is 1.47 bits per heavy atom. The summed E-state index contributed by atoms with van der Waals surface area (Å²) in [6.45, 7) is 7.00. The fourth-order valence-electron chi connectivity index (χ4n) is 1.66. The van der Waals surface area contributed by atoms with E-state index in [9.17, 15) is 9.90 Å². The van der Waals surface area contributed by atoms with Crippen molar-refractivity contribution < 1.29 is 15.0 Å². The third kappa shape index (κ3) is 18.6. The second-order valence-corrected chi connectivity index (χ2v) is 13.8. The van der Waals surface area contributed by atoms with E-state index in [2.05, 4.69) is 33.4 Å². The summed E-state index contributed by atoms with van der Waals surface area (Å²) in [6, 6.07) is 0. The summed E-state index contributed by atoms with van der Waals surface area (Å²) in [4.78, 5) is 9.26. The number of thiol groups is 1. The maximum absolute atomic E-state index is 9.26. The number of hydrogen-bond acceptors (Lipinski definition) is 4. The minimum atomic E-state index is -1.65. The van der Waals surface area contributed by atoms with Crippen LogP contribution in [0.2, 0.25) is 13.3 Å². The Morgan fingerprint density at radius 2 is 1.32 bits per heavy atom. The van der Waals surface area contributed by atoms with Crippen molar-refractivity contribution in [3.05, 3.63) is 0 Å². The Balaban J connectivity index is 0. The predicted molar refractivity (Wildman–Crippen MR) is 84.9 cm³/mol. The van der Waals surface area contributed by atoms with Crippen molar-refractivity contribution >= 4 is 38.4 Å². The van der Waals surface area contributed by atoms with Crippen LogP contribution in [-0.2, 0) is 4.79 Å². The largest absolute Gasteiger partial charge is 0.546 e. The summed E-state index contributed by atoms with van der Waals surface area (Å²) in [7, 11) is 0. The molecule has 1 N–H and O–H groups in total. The summed E-state index contributed by atoms with van der Waals surface area (Å²) in [5.74, 6) is -1.57. The zero-order chi connectivity index (χ0) is 15.1. The molecule has 0 aliphatic carbocycles. The number of rotatable bonds is 10. The minimum Gasteiger partial charge on any atom is -0.546 e. The van der Waals surface area contributed by atoms with E-state index in [0.717, 1.165) is 0 Å². The first-order valence-corrected chi connectivity index (χ1v) is 14.0. The molecule has 0 rings (SSSR count). The molecule has 0 aliphatic rings. The molecule has 0 saturated heterocycles. The predicted octanol–water partition coefficient (Wildman–Crippen LogP) is 2.87. The molecule has 1 atom stereocenters. The molecule has 0 amide bonds. The van der Waals surface area contributed by atoms with E-state index in [4.69, 9.17) is 5.11 Å². The first-order valence-electron chi connectivity index (χ1n) is 7.40. The second kappa shape index (κ2) is 16.6. The number of aliphatic hydroxyl groups excluding tert-OH is 1. The van der Waals surface area contributed by atoms with Crippen LogP contribution in [0.15, 0.2) is 0 Å². The van der Waals surface area contributed by atoms with Gasteiger partial charge in [0, 0.05) is 0 Å². The maximum atomic E-state index is 9.26. The van der Waals surface area contributed by atoms with E-state index < -0.39 is 31.2 Å². The van der Waals surface area contributed by atoms with Gasteiger partial charge in [-0.2, -0.15) is 0 Å². The van der Waals surface area contributed by atoms with Crippen LogP contribution >= 0.6 is 12.6 Å². The Morgan fingerprint density at radius 1 is 1.05 bits per heavy atom. The number of carbonyl (C=O) groups excluding carboxylic acids is 1. The monoisotopic (exact) mass is 398 g/mol. The van der Waals surface area contributed by atoms with Crippen molar-refractivity contribution in [1.29, 1.82) is 0 Å². The molecule has 114 valence electrons. The van der Waals surface area contributed by atoms with Crippen LogP contribution in [0, 0.1) is 0 Å². The number of aliphatic hydroxyl groups is 1. The number of carboxylic acid groups (broad SMARTS) is 1. The molecule has 0 aromatic heterocycles. The van der Waals surface area contributed by atoms with Crippen molar-refractivity contribution in [3.63, 3.8) is 0 Å². The number of aliphatic carboxylic acids is 1. The molecule has 3 nitrogen and oxygen atoms in total. The van der Waals surface area contributed by atoms with Gasteiger partial charge in [0.15, 0.2) is 0 Å². The average Bonchev–Trinajstić information content (AvgIpc) is 2.38. The fraction of sp³-hybridized carbons (Fsp3) is 0.929. The van der Waals surface area contributed by atoms with E-state index >= 15 is 0 Å². The maximum Gasteiger partial charge on any atom is 0.136 e. The Hall–Kier alpha value is 0.579. The van der Waals surface area contributed by atoms with Gasteiger partial charge in [0.1, 0.15) is 5.44 Å². The van der Waals surface area contributed by atoms with Crippen molar-refractivity contribution in [2.45, 2.75) is 78.0 Å². The van der Waals surface area contributed by atoms with Crippen LogP contribution in [0.5, 0.6) is 0 Å². The van der Waals surface area contributed by atoms with Gasteiger partial charge in [0.25, 0.3) is 0 Å². The van der Waals surface area contributed by atoms with Gasteiger partial charge in [-0.25, -0.2) is 0 Å². The summed E-state index contributed by atoms with van der Waals surface area (Å²) >= 11 is 2.25. The first-order chi connectivity index (χ1) is 8.99. The second-order valence-electron chi connectivity index (χ2n) is 4.75. The van der Waals surface area contributed by atoms with Crippen LogP contribution in [-0.4, -0.2) is 36.3 Å². The molecule has 0 bridgehead atoms. The van der Waals surface area contributed by atoms with Gasteiger partial charge in [-0.3, -0.25) is 0 Å². The molecule has 0 aromatic carbocycles.